The lowest BCUT2D eigenvalue weighted by Gasteiger charge is -2.11. The fourth-order valence-electron chi connectivity index (χ4n) is 3.95. The Bertz CT molecular complexity index is 815. The molecule has 0 aliphatic rings. The van der Waals surface area contributed by atoms with Gasteiger partial charge in [0.15, 0.2) is 0 Å². The summed E-state index contributed by atoms with van der Waals surface area (Å²) >= 11 is 0. The molecule has 1 unspecified atom stereocenters. The highest BCUT2D eigenvalue weighted by Crippen LogP contribution is 2.35. The van der Waals surface area contributed by atoms with Gasteiger partial charge in [0, 0.05) is 17.4 Å². The fourth-order valence-corrected chi connectivity index (χ4v) is 3.95. The van der Waals surface area contributed by atoms with Gasteiger partial charge in [-0.25, -0.2) is 0 Å². The molecule has 0 saturated heterocycles. The van der Waals surface area contributed by atoms with E-state index >= 15 is 0 Å². The first-order valence-electron chi connectivity index (χ1n) is 12.2. The zero-order valence-corrected chi connectivity index (χ0v) is 20.6. The van der Waals surface area contributed by atoms with Crippen LogP contribution in [-0.2, 0) is 17.4 Å². The van der Waals surface area contributed by atoms with E-state index in [1.807, 2.05) is 19.0 Å². The maximum absolute atomic E-state index is 13.0. The molecule has 0 fully saturated rings. The number of benzene rings is 1. The first-order valence-corrected chi connectivity index (χ1v) is 12.2. The summed E-state index contributed by atoms with van der Waals surface area (Å²) in [6.45, 7) is 4.85. The lowest BCUT2D eigenvalue weighted by atomic mass is 9.96. The Morgan fingerprint density at radius 3 is 2.21 bits per heavy atom. The van der Waals surface area contributed by atoms with Crippen LogP contribution in [0.1, 0.15) is 82.9 Å². The first-order chi connectivity index (χ1) is 15.6. The molecular formula is C26H41F3N2O2. The Morgan fingerprint density at radius 2 is 1.64 bits per heavy atom. The summed E-state index contributed by atoms with van der Waals surface area (Å²) in [4.78, 5) is 15.2. The van der Waals surface area contributed by atoms with E-state index in [1.165, 1.54) is 32.1 Å². The van der Waals surface area contributed by atoms with Crippen molar-refractivity contribution < 1.29 is 23.1 Å². The second kappa shape index (κ2) is 15.0. The molecule has 2 aromatic rings. The summed E-state index contributed by atoms with van der Waals surface area (Å²) in [5.74, 6) is -0.702. The molecule has 7 heteroatoms. The van der Waals surface area contributed by atoms with E-state index in [0.29, 0.717) is 29.4 Å². The van der Waals surface area contributed by atoms with Gasteiger partial charge in [-0.05, 0) is 45.0 Å². The number of carboxylic acid groups (broad SMARTS) is 1. The van der Waals surface area contributed by atoms with Crippen molar-refractivity contribution in [3.05, 3.63) is 35.5 Å². The van der Waals surface area contributed by atoms with Crippen molar-refractivity contribution in [3.8, 4) is 0 Å². The summed E-state index contributed by atoms with van der Waals surface area (Å²) in [7, 11) is 3.70. The Hall–Kier alpha value is -2.02. The highest BCUT2D eigenvalue weighted by Gasteiger charge is 2.36. The molecule has 2 N–H and O–H groups in total. The number of unbranched alkanes of at least 4 members (excludes halogenated alkanes) is 5. The largest absolute Gasteiger partial charge is 0.481 e. The number of aromatic nitrogens is 1. The molecular weight excluding hydrogens is 429 g/mol. The number of carbonyl (C=O) groups is 1. The average molecular weight is 471 g/mol. The second-order valence-electron chi connectivity index (χ2n) is 8.96. The molecule has 1 atom stereocenters. The lowest BCUT2D eigenvalue weighted by Crippen LogP contribution is -2.17. The third-order valence-corrected chi connectivity index (χ3v) is 5.80. The minimum atomic E-state index is -4.33. The summed E-state index contributed by atoms with van der Waals surface area (Å²) in [6.07, 6.45) is 6.19. The predicted octanol–water partition coefficient (Wildman–Crippen LogP) is 7.53. The van der Waals surface area contributed by atoms with Gasteiger partial charge in [0.05, 0.1) is 5.92 Å². The maximum atomic E-state index is 13.0. The van der Waals surface area contributed by atoms with Crippen LogP contribution in [0.5, 0.6) is 0 Å². The molecule has 0 aliphatic heterocycles. The predicted molar refractivity (Wildman–Crippen MR) is 130 cm³/mol. The molecule has 0 amide bonds. The number of H-pyrrole nitrogens is 1. The summed E-state index contributed by atoms with van der Waals surface area (Å²) in [5, 5.41) is 9.60. The van der Waals surface area contributed by atoms with E-state index in [4.69, 9.17) is 5.11 Å². The number of aliphatic carboxylic acids is 1. The molecule has 1 heterocycles. The van der Waals surface area contributed by atoms with Crippen LogP contribution in [0.15, 0.2) is 24.3 Å². The molecule has 1 aromatic heterocycles. The highest BCUT2D eigenvalue weighted by atomic mass is 19.4. The number of hydrogen-bond acceptors (Lipinski definition) is 2. The van der Waals surface area contributed by atoms with Crippen LogP contribution in [0.2, 0.25) is 0 Å². The van der Waals surface area contributed by atoms with E-state index < -0.39 is 17.8 Å². The van der Waals surface area contributed by atoms with E-state index in [2.05, 4.69) is 18.8 Å². The quantitative estimate of drug-likeness (QED) is 0.298. The molecule has 1 aromatic carbocycles. The van der Waals surface area contributed by atoms with Crippen LogP contribution >= 0.6 is 0 Å². The number of nitrogens with one attached hydrogen (secondary N) is 1. The third-order valence-electron chi connectivity index (χ3n) is 5.80. The normalized spacial score (nSPS) is 12.6. The number of carboxylic acids is 1. The van der Waals surface area contributed by atoms with Gasteiger partial charge in [-0.3, -0.25) is 4.79 Å². The van der Waals surface area contributed by atoms with Crippen LogP contribution in [0.25, 0.3) is 10.9 Å². The minimum Gasteiger partial charge on any atom is -0.481 e. The van der Waals surface area contributed by atoms with Crippen molar-refractivity contribution in [3.63, 3.8) is 0 Å². The first kappa shape index (κ1) is 29.0. The molecule has 4 nitrogen and oxygen atoms in total. The lowest BCUT2D eigenvalue weighted by molar-refractivity contribution is -0.142. The number of hydrogen-bond donors (Lipinski definition) is 2. The van der Waals surface area contributed by atoms with Gasteiger partial charge in [0.25, 0.3) is 0 Å². The van der Waals surface area contributed by atoms with Gasteiger partial charge in [0.1, 0.15) is 5.69 Å². The van der Waals surface area contributed by atoms with E-state index in [0.717, 1.165) is 25.7 Å². The Labute approximate surface area is 196 Å². The van der Waals surface area contributed by atoms with Gasteiger partial charge in [-0.1, -0.05) is 77.0 Å². The Kier molecular flexibility index (Phi) is 13.2. The van der Waals surface area contributed by atoms with Crippen LogP contribution in [0, 0.1) is 5.92 Å². The number of aromatic amines is 1. The van der Waals surface area contributed by atoms with Crippen LogP contribution in [0.3, 0.4) is 0 Å². The summed E-state index contributed by atoms with van der Waals surface area (Å²) < 4.78 is 38.9. The van der Waals surface area contributed by atoms with Gasteiger partial charge < -0.3 is 15.0 Å². The van der Waals surface area contributed by atoms with Crippen LogP contribution in [0.4, 0.5) is 13.2 Å². The van der Waals surface area contributed by atoms with Crippen LogP contribution < -0.4 is 0 Å². The SMILES string of the molecule is CCCCCCCCC(CCC)C(=O)O.CN(C)CCc1c(C(F)(F)F)[nH]c2ccccc12. The number of likely N-dealkylation sites (N-methyl/N-ethyl adjacent to an activating group) is 1. The van der Waals surface area contributed by atoms with Crippen molar-refractivity contribution in [2.75, 3.05) is 20.6 Å². The maximum Gasteiger partial charge on any atom is 0.431 e. The highest BCUT2D eigenvalue weighted by molar-refractivity contribution is 5.84. The smallest absolute Gasteiger partial charge is 0.431 e. The van der Waals surface area contributed by atoms with Gasteiger partial charge in [0.2, 0.25) is 0 Å². The number of fused-ring (bicyclic) bond motifs is 1. The third kappa shape index (κ3) is 10.6. The zero-order valence-electron chi connectivity index (χ0n) is 20.6. The number of alkyl halides is 3. The van der Waals surface area contributed by atoms with Crippen molar-refractivity contribution >= 4 is 16.9 Å². The Balaban J connectivity index is 0.000000337. The number of nitrogens with zero attached hydrogens (tertiary/aromatic N) is 1. The van der Waals surface area contributed by atoms with Gasteiger partial charge in [-0.15, -0.1) is 0 Å². The summed E-state index contributed by atoms with van der Waals surface area (Å²) in [5.41, 5.74) is 0.274. The number of rotatable bonds is 13. The van der Waals surface area contributed by atoms with Crippen molar-refractivity contribution in [1.82, 2.24) is 9.88 Å². The zero-order chi connectivity index (χ0) is 24.9. The van der Waals surface area contributed by atoms with Crippen LogP contribution in [-0.4, -0.2) is 41.6 Å². The fraction of sp³-hybridized carbons (Fsp3) is 0.654. The van der Waals surface area contributed by atoms with Gasteiger partial charge in [-0.2, -0.15) is 13.2 Å². The average Bonchev–Trinajstić information content (AvgIpc) is 3.13. The van der Waals surface area contributed by atoms with Crippen molar-refractivity contribution in [2.24, 2.45) is 5.92 Å². The molecule has 33 heavy (non-hydrogen) atoms. The van der Waals surface area contributed by atoms with Gasteiger partial charge >= 0.3 is 12.1 Å². The van der Waals surface area contributed by atoms with E-state index in [-0.39, 0.29) is 5.92 Å². The molecule has 2 rings (SSSR count). The monoisotopic (exact) mass is 470 g/mol. The van der Waals surface area contributed by atoms with Crippen molar-refractivity contribution in [1.29, 1.82) is 0 Å². The molecule has 0 aliphatic carbocycles. The topological polar surface area (TPSA) is 56.3 Å². The van der Waals surface area contributed by atoms with E-state index in [9.17, 15) is 18.0 Å². The second-order valence-corrected chi connectivity index (χ2v) is 8.96. The molecule has 0 radical (unpaired) electrons. The molecule has 0 bridgehead atoms. The molecule has 0 saturated carbocycles. The molecule has 0 spiro atoms. The minimum absolute atomic E-state index is 0.0961. The number of para-hydroxylation sites is 1. The standard InChI is InChI=1S/C13H15F3N2.C13H26O2/c1-18(2)8-7-10-9-5-3-4-6-11(9)17-12(10)13(14,15)16;1-3-5-6-7-8-9-11-12(10-4-2)13(14)15/h3-6,17H,7-8H2,1-2H3;12H,3-11H2,1-2H3,(H,14,15). The Morgan fingerprint density at radius 1 is 1.00 bits per heavy atom. The summed E-state index contributed by atoms with van der Waals surface area (Å²) in [6, 6.07) is 6.89. The number of halogens is 3. The molecule has 188 valence electrons. The van der Waals surface area contributed by atoms with Crippen molar-refractivity contribution in [2.45, 2.75) is 84.2 Å². The van der Waals surface area contributed by atoms with E-state index in [1.54, 1.807) is 24.3 Å².